The maximum Gasteiger partial charge on any atom is 0.310 e. The normalized spacial score (nSPS) is 9.82. The molecule has 0 heterocycles. The van der Waals surface area contributed by atoms with Gasteiger partial charge in [-0.1, -0.05) is 18.2 Å². The van der Waals surface area contributed by atoms with E-state index in [-0.39, 0.29) is 24.8 Å². The lowest BCUT2D eigenvalue weighted by atomic mass is 10.1. The zero-order chi connectivity index (χ0) is 12.8. The summed E-state index contributed by atoms with van der Waals surface area (Å²) in [5.41, 5.74) is 1.48. The van der Waals surface area contributed by atoms with Gasteiger partial charge in [-0.2, -0.15) is 0 Å². The molecule has 0 radical (unpaired) electrons. The number of thiol groups is 1. The molecule has 1 rings (SSSR count). The molecule has 0 atom stereocenters. The van der Waals surface area contributed by atoms with Gasteiger partial charge < -0.3 is 9.47 Å². The Labute approximate surface area is 105 Å². The molecule has 0 saturated carbocycles. The van der Waals surface area contributed by atoms with Crippen LogP contribution in [-0.4, -0.2) is 26.2 Å². The quantitative estimate of drug-likeness (QED) is 0.652. The molecule has 0 aliphatic carbocycles. The largest absolute Gasteiger partial charge is 0.469 e. The van der Waals surface area contributed by atoms with Crippen LogP contribution < -0.4 is 0 Å². The first-order chi connectivity index (χ1) is 8.08. The highest BCUT2D eigenvalue weighted by atomic mass is 32.1. The molecular weight excluding hydrogens is 240 g/mol. The van der Waals surface area contributed by atoms with E-state index in [1.165, 1.54) is 14.2 Å². The average molecular weight is 254 g/mol. The molecule has 0 fully saturated rings. The van der Waals surface area contributed by atoms with E-state index in [4.69, 9.17) is 0 Å². The number of hydrogen-bond donors (Lipinski definition) is 1. The van der Waals surface area contributed by atoms with Crippen LogP contribution in [-0.2, 0) is 31.9 Å². The Bertz CT molecular complexity index is 392. The van der Waals surface area contributed by atoms with E-state index in [2.05, 4.69) is 22.1 Å². The van der Waals surface area contributed by atoms with Crippen LogP contribution in [0.3, 0.4) is 0 Å². The van der Waals surface area contributed by atoms with E-state index < -0.39 is 0 Å². The van der Waals surface area contributed by atoms with E-state index in [9.17, 15) is 9.59 Å². The molecular formula is C12H14O4S. The summed E-state index contributed by atoms with van der Waals surface area (Å²) in [5, 5.41) is 0. The maximum atomic E-state index is 11.2. The van der Waals surface area contributed by atoms with Crippen LogP contribution in [0.25, 0.3) is 0 Å². The Balaban J connectivity index is 2.91. The number of benzene rings is 1. The lowest BCUT2D eigenvalue weighted by Gasteiger charge is -2.08. The van der Waals surface area contributed by atoms with Gasteiger partial charge in [0.05, 0.1) is 27.1 Å². The van der Waals surface area contributed by atoms with Crippen molar-refractivity contribution in [2.75, 3.05) is 14.2 Å². The number of esters is 2. The smallest absolute Gasteiger partial charge is 0.310 e. The molecule has 0 aliphatic rings. The first-order valence-corrected chi connectivity index (χ1v) is 5.46. The fourth-order valence-corrected chi connectivity index (χ4v) is 1.69. The molecule has 0 N–H and O–H groups in total. The average Bonchev–Trinajstić information content (AvgIpc) is 2.33. The number of ether oxygens (including phenoxy) is 2. The molecule has 92 valence electrons. The highest BCUT2D eigenvalue weighted by Gasteiger charge is 2.12. The molecule has 1 aromatic carbocycles. The highest BCUT2D eigenvalue weighted by Crippen LogP contribution is 2.20. The van der Waals surface area contributed by atoms with Crippen molar-refractivity contribution in [3.63, 3.8) is 0 Å². The SMILES string of the molecule is COC(=O)Cc1cccc(CC(=O)OC)c1S. The predicted octanol–water partition coefficient (Wildman–Crippen LogP) is 1.41. The zero-order valence-electron chi connectivity index (χ0n) is 9.73. The van der Waals surface area contributed by atoms with E-state index >= 15 is 0 Å². The molecule has 0 spiro atoms. The van der Waals surface area contributed by atoms with E-state index in [0.29, 0.717) is 4.90 Å². The van der Waals surface area contributed by atoms with Gasteiger partial charge in [-0.25, -0.2) is 0 Å². The van der Waals surface area contributed by atoms with Crippen LogP contribution in [0.1, 0.15) is 11.1 Å². The third-order valence-corrected chi connectivity index (χ3v) is 2.90. The summed E-state index contributed by atoms with van der Waals surface area (Å²) < 4.78 is 9.17. The fourth-order valence-electron chi connectivity index (χ4n) is 1.39. The molecule has 5 heteroatoms. The summed E-state index contributed by atoms with van der Waals surface area (Å²) in [6.45, 7) is 0. The van der Waals surface area contributed by atoms with E-state index in [1.54, 1.807) is 18.2 Å². The monoisotopic (exact) mass is 254 g/mol. The van der Waals surface area contributed by atoms with Crippen molar-refractivity contribution in [1.82, 2.24) is 0 Å². The molecule has 1 aromatic rings. The van der Waals surface area contributed by atoms with Gasteiger partial charge >= 0.3 is 11.9 Å². The molecule has 0 unspecified atom stereocenters. The minimum atomic E-state index is -0.337. The van der Waals surface area contributed by atoms with E-state index in [0.717, 1.165) is 11.1 Å². The molecule has 4 nitrogen and oxygen atoms in total. The summed E-state index contributed by atoms with van der Waals surface area (Å²) in [6, 6.07) is 5.33. The summed E-state index contributed by atoms with van der Waals surface area (Å²) in [7, 11) is 2.66. The van der Waals surface area contributed by atoms with Gasteiger partial charge in [0.2, 0.25) is 0 Å². The van der Waals surface area contributed by atoms with Crippen LogP contribution in [0.5, 0.6) is 0 Å². The maximum absolute atomic E-state index is 11.2. The lowest BCUT2D eigenvalue weighted by Crippen LogP contribution is -2.08. The van der Waals surface area contributed by atoms with Gasteiger partial charge in [0.25, 0.3) is 0 Å². The topological polar surface area (TPSA) is 52.6 Å². The number of methoxy groups -OCH3 is 2. The number of hydrogen-bond acceptors (Lipinski definition) is 5. The standard InChI is InChI=1S/C12H14O4S/c1-15-10(13)6-8-4-3-5-9(12(8)17)7-11(14)16-2/h3-5,17H,6-7H2,1-2H3. The van der Waals surface area contributed by atoms with E-state index in [1.807, 2.05) is 0 Å². The van der Waals surface area contributed by atoms with Crippen LogP contribution in [0.15, 0.2) is 23.1 Å². The molecule has 0 aromatic heterocycles. The highest BCUT2D eigenvalue weighted by molar-refractivity contribution is 7.80. The Morgan fingerprint density at radius 1 is 1.06 bits per heavy atom. The molecule has 0 saturated heterocycles. The van der Waals surface area contributed by atoms with Crippen molar-refractivity contribution in [1.29, 1.82) is 0 Å². The Hall–Kier alpha value is -1.49. The first kappa shape index (κ1) is 13.6. The minimum absolute atomic E-state index is 0.143. The first-order valence-electron chi connectivity index (χ1n) is 5.01. The third kappa shape index (κ3) is 3.78. The zero-order valence-corrected chi connectivity index (χ0v) is 10.6. The Morgan fingerprint density at radius 3 is 1.82 bits per heavy atom. The summed E-state index contributed by atoms with van der Waals surface area (Å²) in [6.07, 6.45) is 0.286. The number of carbonyl (C=O) groups excluding carboxylic acids is 2. The minimum Gasteiger partial charge on any atom is -0.469 e. The van der Waals surface area contributed by atoms with Crippen molar-refractivity contribution in [3.8, 4) is 0 Å². The second-order valence-corrected chi connectivity index (χ2v) is 3.88. The van der Waals surface area contributed by atoms with Crippen molar-refractivity contribution in [2.45, 2.75) is 17.7 Å². The van der Waals surface area contributed by atoms with Crippen molar-refractivity contribution < 1.29 is 19.1 Å². The molecule has 0 aliphatic heterocycles. The number of carbonyl (C=O) groups is 2. The van der Waals surface area contributed by atoms with Crippen LogP contribution in [0.2, 0.25) is 0 Å². The summed E-state index contributed by atoms with van der Waals surface area (Å²) >= 11 is 4.32. The molecule has 17 heavy (non-hydrogen) atoms. The van der Waals surface area contributed by atoms with Crippen LogP contribution in [0.4, 0.5) is 0 Å². The molecule has 0 bridgehead atoms. The molecule has 0 amide bonds. The van der Waals surface area contributed by atoms with Gasteiger partial charge in [0.15, 0.2) is 0 Å². The number of rotatable bonds is 4. The van der Waals surface area contributed by atoms with Gasteiger partial charge in [-0.15, -0.1) is 12.6 Å². The summed E-state index contributed by atoms with van der Waals surface area (Å²) in [5.74, 6) is -0.675. The van der Waals surface area contributed by atoms with Gasteiger partial charge in [-0.3, -0.25) is 9.59 Å². The van der Waals surface area contributed by atoms with Gasteiger partial charge in [0.1, 0.15) is 0 Å². The van der Waals surface area contributed by atoms with Crippen LogP contribution in [0, 0.1) is 0 Å². The lowest BCUT2D eigenvalue weighted by molar-refractivity contribution is -0.140. The third-order valence-electron chi connectivity index (χ3n) is 2.33. The van der Waals surface area contributed by atoms with Crippen LogP contribution >= 0.6 is 12.6 Å². The van der Waals surface area contributed by atoms with Crippen molar-refractivity contribution in [2.24, 2.45) is 0 Å². The fraction of sp³-hybridized carbons (Fsp3) is 0.333. The van der Waals surface area contributed by atoms with Crippen molar-refractivity contribution in [3.05, 3.63) is 29.3 Å². The predicted molar refractivity (Wildman–Crippen MR) is 65.1 cm³/mol. The summed E-state index contributed by atoms with van der Waals surface area (Å²) in [4.78, 5) is 23.0. The Kier molecular flexibility index (Phi) is 5.03. The van der Waals surface area contributed by atoms with Crippen molar-refractivity contribution >= 4 is 24.6 Å². The second kappa shape index (κ2) is 6.30. The Morgan fingerprint density at radius 2 is 1.47 bits per heavy atom. The second-order valence-electron chi connectivity index (χ2n) is 3.43. The van der Waals surface area contributed by atoms with Gasteiger partial charge in [-0.05, 0) is 11.1 Å². The van der Waals surface area contributed by atoms with Gasteiger partial charge in [0, 0.05) is 4.90 Å².